The number of hydrogen-bond acceptors (Lipinski definition) is 3. The lowest BCUT2D eigenvalue weighted by Gasteiger charge is -2.23. The lowest BCUT2D eigenvalue weighted by molar-refractivity contribution is 0.0726. The van der Waals surface area contributed by atoms with Gasteiger partial charge >= 0.3 is 0 Å². The van der Waals surface area contributed by atoms with Gasteiger partial charge in [0.05, 0.1) is 18.9 Å². The molecule has 0 unspecified atom stereocenters. The molecule has 1 aromatic heterocycles. The van der Waals surface area contributed by atoms with E-state index in [1.807, 2.05) is 43.3 Å². The van der Waals surface area contributed by atoms with E-state index in [2.05, 4.69) is 0 Å². The predicted octanol–water partition coefficient (Wildman–Crippen LogP) is 3.26. The number of furan rings is 1. The van der Waals surface area contributed by atoms with Crippen LogP contribution in [0.5, 0.6) is 0 Å². The molecule has 0 spiro atoms. The van der Waals surface area contributed by atoms with Gasteiger partial charge in [-0.2, -0.15) is 0 Å². The first-order chi connectivity index (χ1) is 9.63. The molecule has 0 saturated carbocycles. The third-order valence-corrected chi connectivity index (χ3v) is 3.34. The second-order valence-electron chi connectivity index (χ2n) is 4.74. The fourth-order valence-electron chi connectivity index (χ4n) is 2.06. The maximum absolute atomic E-state index is 12.5. The maximum atomic E-state index is 12.5. The molecule has 4 nitrogen and oxygen atoms in total. The van der Waals surface area contributed by atoms with Crippen molar-refractivity contribution in [2.75, 3.05) is 14.2 Å². The van der Waals surface area contributed by atoms with Crippen LogP contribution in [0.15, 0.2) is 47.1 Å². The quantitative estimate of drug-likeness (QED) is 0.839. The zero-order valence-electron chi connectivity index (χ0n) is 12.0. The highest BCUT2D eigenvalue weighted by molar-refractivity contribution is 5.94. The van der Waals surface area contributed by atoms with E-state index in [4.69, 9.17) is 9.15 Å². The van der Waals surface area contributed by atoms with Crippen LogP contribution in [0.3, 0.4) is 0 Å². The lowest BCUT2D eigenvalue weighted by Crippen LogP contribution is -2.29. The Bertz CT molecular complexity index is 563. The summed E-state index contributed by atoms with van der Waals surface area (Å²) in [6.07, 6.45) is 1.61. The molecular weight excluding hydrogens is 254 g/mol. The Morgan fingerprint density at radius 1 is 1.35 bits per heavy atom. The molecule has 20 heavy (non-hydrogen) atoms. The van der Waals surface area contributed by atoms with Gasteiger partial charge in [0.15, 0.2) is 0 Å². The number of rotatable bonds is 5. The summed E-state index contributed by atoms with van der Waals surface area (Å²) in [6, 6.07) is 11.1. The number of ether oxygens (including phenoxy) is 1. The summed E-state index contributed by atoms with van der Waals surface area (Å²) >= 11 is 0. The van der Waals surface area contributed by atoms with Crippen LogP contribution in [0.1, 0.15) is 34.6 Å². The molecule has 0 N–H and O–H groups in total. The monoisotopic (exact) mass is 273 g/mol. The fourth-order valence-corrected chi connectivity index (χ4v) is 2.06. The van der Waals surface area contributed by atoms with E-state index in [0.717, 1.165) is 11.3 Å². The van der Waals surface area contributed by atoms with E-state index in [1.54, 1.807) is 25.3 Å². The Morgan fingerprint density at radius 3 is 2.80 bits per heavy atom. The fraction of sp³-hybridized carbons (Fsp3) is 0.312. The summed E-state index contributed by atoms with van der Waals surface area (Å²) in [5.74, 6) is 0.737. The van der Waals surface area contributed by atoms with Crippen LogP contribution >= 0.6 is 0 Å². The van der Waals surface area contributed by atoms with Crippen molar-refractivity contribution in [3.8, 4) is 0 Å². The van der Waals surface area contributed by atoms with Gasteiger partial charge < -0.3 is 14.1 Å². The Labute approximate surface area is 119 Å². The SMILES string of the molecule is COCc1cccc(C(=O)N(C)[C@@H](C)c2ccco2)c1. The Balaban J connectivity index is 2.16. The summed E-state index contributed by atoms with van der Waals surface area (Å²) in [7, 11) is 3.41. The Kier molecular flexibility index (Phi) is 4.58. The first-order valence-electron chi connectivity index (χ1n) is 6.52. The highest BCUT2D eigenvalue weighted by Crippen LogP contribution is 2.21. The van der Waals surface area contributed by atoms with Crippen LogP contribution in [0, 0.1) is 0 Å². The van der Waals surface area contributed by atoms with Gasteiger partial charge in [0, 0.05) is 19.7 Å². The molecule has 106 valence electrons. The molecule has 2 aromatic rings. The molecular formula is C16H19NO3. The standard InChI is InChI=1S/C16H19NO3/c1-12(15-8-5-9-20-15)17(2)16(18)14-7-4-6-13(10-14)11-19-3/h4-10,12H,11H2,1-3H3/t12-/m0/s1. The van der Waals surface area contributed by atoms with Crippen molar-refractivity contribution in [3.63, 3.8) is 0 Å². The Hall–Kier alpha value is -2.07. The van der Waals surface area contributed by atoms with Gasteiger partial charge in [-0.3, -0.25) is 4.79 Å². The number of carbonyl (C=O) groups is 1. The van der Waals surface area contributed by atoms with Crippen LogP contribution in [0.2, 0.25) is 0 Å². The average Bonchev–Trinajstić information content (AvgIpc) is 3.00. The van der Waals surface area contributed by atoms with Crippen LogP contribution in [-0.4, -0.2) is 25.0 Å². The van der Waals surface area contributed by atoms with Crippen molar-refractivity contribution in [2.45, 2.75) is 19.6 Å². The van der Waals surface area contributed by atoms with Crippen molar-refractivity contribution < 1.29 is 13.9 Å². The number of amides is 1. The Morgan fingerprint density at radius 2 is 2.15 bits per heavy atom. The van der Waals surface area contributed by atoms with E-state index in [-0.39, 0.29) is 11.9 Å². The van der Waals surface area contributed by atoms with Crippen LogP contribution < -0.4 is 0 Å². The second-order valence-corrected chi connectivity index (χ2v) is 4.74. The third-order valence-electron chi connectivity index (χ3n) is 3.34. The van der Waals surface area contributed by atoms with Crippen molar-refractivity contribution in [2.24, 2.45) is 0 Å². The largest absolute Gasteiger partial charge is 0.467 e. The number of hydrogen-bond donors (Lipinski definition) is 0. The molecule has 1 amide bonds. The van der Waals surface area contributed by atoms with Crippen LogP contribution in [0.25, 0.3) is 0 Å². The van der Waals surface area contributed by atoms with Crippen molar-refractivity contribution >= 4 is 5.91 Å². The zero-order valence-corrected chi connectivity index (χ0v) is 12.0. The van der Waals surface area contributed by atoms with Crippen LogP contribution in [0.4, 0.5) is 0 Å². The van der Waals surface area contributed by atoms with E-state index in [1.165, 1.54) is 0 Å². The molecule has 1 heterocycles. The zero-order chi connectivity index (χ0) is 14.5. The van der Waals surface area contributed by atoms with Crippen molar-refractivity contribution in [3.05, 3.63) is 59.5 Å². The average molecular weight is 273 g/mol. The molecule has 1 aromatic carbocycles. The molecule has 0 saturated heterocycles. The summed E-state index contributed by atoms with van der Waals surface area (Å²) < 4.78 is 10.4. The number of carbonyl (C=O) groups excluding carboxylic acids is 1. The maximum Gasteiger partial charge on any atom is 0.254 e. The molecule has 0 aliphatic carbocycles. The number of nitrogens with zero attached hydrogens (tertiary/aromatic N) is 1. The highest BCUT2D eigenvalue weighted by atomic mass is 16.5. The topological polar surface area (TPSA) is 42.7 Å². The summed E-state index contributed by atoms with van der Waals surface area (Å²) in [6.45, 7) is 2.44. The van der Waals surface area contributed by atoms with Crippen molar-refractivity contribution in [1.29, 1.82) is 0 Å². The first kappa shape index (κ1) is 14.3. The minimum Gasteiger partial charge on any atom is -0.467 e. The number of methoxy groups -OCH3 is 1. The lowest BCUT2D eigenvalue weighted by atomic mass is 10.1. The van der Waals surface area contributed by atoms with E-state index in [9.17, 15) is 4.79 Å². The minimum atomic E-state index is -0.108. The van der Waals surface area contributed by atoms with E-state index < -0.39 is 0 Å². The molecule has 2 rings (SSSR count). The van der Waals surface area contributed by atoms with Crippen molar-refractivity contribution in [1.82, 2.24) is 4.90 Å². The number of benzene rings is 1. The predicted molar refractivity (Wildman–Crippen MR) is 76.4 cm³/mol. The minimum absolute atomic E-state index is 0.0353. The molecule has 0 aliphatic rings. The molecule has 0 bridgehead atoms. The van der Waals surface area contributed by atoms with E-state index >= 15 is 0 Å². The molecule has 4 heteroatoms. The van der Waals surface area contributed by atoms with Gasteiger partial charge in [-0.1, -0.05) is 12.1 Å². The molecule has 1 atom stereocenters. The second kappa shape index (κ2) is 6.39. The molecule has 0 fully saturated rings. The van der Waals surface area contributed by atoms with Gasteiger partial charge in [-0.05, 0) is 36.8 Å². The normalized spacial score (nSPS) is 12.2. The summed E-state index contributed by atoms with van der Waals surface area (Å²) in [5, 5.41) is 0. The van der Waals surface area contributed by atoms with Gasteiger partial charge in [0.1, 0.15) is 5.76 Å². The van der Waals surface area contributed by atoms with Gasteiger partial charge in [0.2, 0.25) is 0 Å². The smallest absolute Gasteiger partial charge is 0.254 e. The van der Waals surface area contributed by atoms with Crippen LogP contribution in [-0.2, 0) is 11.3 Å². The van der Waals surface area contributed by atoms with Gasteiger partial charge in [-0.15, -0.1) is 0 Å². The third kappa shape index (κ3) is 3.08. The molecule has 0 aliphatic heterocycles. The summed E-state index contributed by atoms with van der Waals surface area (Å²) in [4.78, 5) is 14.2. The van der Waals surface area contributed by atoms with E-state index in [0.29, 0.717) is 12.2 Å². The summed E-state index contributed by atoms with van der Waals surface area (Å²) in [5.41, 5.74) is 1.64. The molecule has 0 radical (unpaired) electrons. The highest BCUT2D eigenvalue weighted by Gasteiger charge is 2.20. The van der Waals surface area contributed by atoms with Gasteiger partial charge in [0.25, 0.3) is 5.91 Å². The first-order valence-corrected chi connectivity index (χ1v) is 6.52. The van der Waals surface area contributed by atoms with Gasteiger partial charge in [-0.25, -0.2) is 0 Å².